The third-order valence-electron chi connectivity index (χ3n) is 5.00. The minimum Gasteiger partial charge on any atom is -0.496 e. The lowest BCUT2D eigenvalue weighted by Gasteiger charge is -2.28. The predicted molar refractivity (Wildman–Crippen MR) is 117 cm³/mol. The van der Waals surface area contributed by atoms with Gasteiger partial charge in [0.1, 0.15) is 11.4 Å². The zero-order valence-corrected chi connectivity index (χ0v) is 17.7. The number of hydrogen-bond acceptors (Lipinski definition) is 5. The highest BCUT2D eigenvalue weighted by atomic mass is 35.5. The van der Waals surface area contributed by atoms with Crippen LogP contribution in [0, 0.1) is 10.1 Å². The molecule has 1 saturated heterocycles. The number of methoxy groups -OCH3 is 1. The van der Waals surface area contributed by atoms with Crippen molar-refractivity contribution >= 4 is 34.1 Å². The molecule has 1 heterocycles. The van der Waals surface area contributed by atoms with E-state index in [0.717, 1.165) is 19.3 Å². The van der Waals surface area contributed by atoms with Crippen molar-refractivity contribution in [1.82, 2.24) is 10.2 Å². The fourth-order valence-electron chi connectivity index (χ4n) is 3.34. The molecule has 0 radical (unpaired) electrons. The molecule has 1 aliphatic heterocycles. The van der Waals surface area contributed by atoms with E-state index in [1.807, 2.05) is 0 Å². The van der Waals surface area contributed by atoms with Crippen LogP contribution in [-0.4, -0.2) is 41.8 Å². The maximum absolute atomic E-state index is 13.3. The molecule has 0 aromatic heterocycles. The summed E-state index contributed by atoms with van der Waals surface area (Å²) in [5.41, 5.74) is 0.440. The molecule has 162 valence electrons. The van der Waals surface area contributed by atoms with Crippen LogP contribution in [0.15, 0.2) is 54.2 Å². The highest BCUT2D eigenvalue weighted by Gasteiger charge is 2.26. The molecule has 9 heteroatoms. The molecule has 0 aliphatic carbocycles. The first-order valence-electron chi connectivity index (χ1n) is 9.80. The van der Waals surface area contributed by atoms with Gasteiger partial charge in [-0.3, -0.25) is 19.7 Å². The van der Waals surface area contributed by atoms with E-state index in [1.165, 1.54) is 31.4 Å². The number of para-hydroxylation sites is 1. The van der Waals surface area contributed by atoms with E-state index in [2.05, 4.69) is 5.32 Å². The summed E-state index contributed by atoms with van der Waals surface area (Å²) < 4.78 is 5.35. The van der Waals surface area contributed by atoms with Gasteiger partial charge in [-0.15, -0.1) is 0 Å². The van der Waals surface area contributed by atoms with E-state index in [1.54, 1.807) is 29.2 Å². The summed E-state index contributed by atoms with van der Waals surface area (Å²) >= 11 is 6.62. The first-order valence-corrected chi connectivity index (χ1v) is 10.2. The first-order chi connectivity index (χ1) is 14.9. The van der Waals surface area contributed by atoms with Crippen LogP contribution >= 0.6 is 11.6 Å². The number of nitro groups is 1. The lowest BCUT2D eigenvalue weighted by molar-refractivity contribution is -0.384. The Morgan fingerprint density at radius 1 is 1.06 bits per heavy atom. The number of halogens is 1. The number of carbonyl (C=O) groups is 2. The molecule has 0 bridgehead atoms. The lowest BCUT2D eigenvalue weighted by Crippen LogP contribution is -2.41. The highest BCUT2D eigenvalue weighted by Crippen LogP contribution is 2.31. The van der Waals surface area contributed by atoms with Crippen molar-refractivity contribution in [2.24, 2.45) is 0 Å². The van der Waals surface area contributed by atoms with Gasteiger partial charge in [0, 0.05) is 36.3 Å². The second-order valence-corrected chi connectivity index (χ2v) is 7.38. The Hall–Kier alpha value is -3.39. The molecule has 1 aliphatic rings. The van der Waals surface area contributed by atoms with E-state index < -0.39 is 10.8 Å². The number of amides is 2. The lowest BCUT2D eigenvalue weighted by atomic mass is 10.1. The van der Waals surface area contributed by atoms with Crippen molar-refractivity contribution in [1.29, 1.82) is 0 Å². The van der Waals surface area contributed by atoms with Gasteiger partial charge < -0.3 is 15.0 Å². The molecular weight excluding hydrogens is 422 g/mol. The molecular formula is C22H22ClN3O5. The molecule has 0 spiro atoms. The molecule has 8 nitrogen and oxygen atoms in total. The Morgan fingerprint density at radius 2 is 1.71 bits per heavy atom. The minimum absolute atomic E-state index is 0.0586. The van der Waals surface area contributed by atoms with Crippen molar-refractivity contribution < 1.29 is 19.2 Å². The van der Waals surface area contributed by atoms with E-state index in [4.69, 9.17) is 16.3 Å². The largest absolute Gasteiger partial charge is 0.496 e. The number of rotatable bonds is 6. The highest BCUT2D eigenvalue weighted by molar-refractivity contribution is 6.51. The summed E-state index contributed by atoms with van der Waals surface area (Å²) in [4.78, 5) is 38.1. The molecule has 2 aromatic rings. The van der Waals surface area contributed by atoms with Gasteiger partial charge in [0.2, 0.25) is 0 Å². The van der Waals surface area contributed by atoms with Crippen LogP contribution in [0.1, 0.15) is 35.2 Å². The van der Waals surface area contributed by atoms with Gasteiger partial charge in [-0.2, -0.15) is 0 Å². The third kappa shape index (κ3) is 5.21. The van der Waals surface area contributed by atoms with Crippen LogP contribution in [-0.2, 0) is 4.79 Å². The van der Waals surface area contributed by atoms with Gasteiger partial charge in [0.25, 0.3) is 17.5 Å². The molecule has 0 unspecified atom stereocenters. The van der Waals surface area contributed by atoms with Crippen molar-refractivity contribution in [3.8, 4) is 5.75 Å². The summed E-state index contributed by atoms with van der Waals surface area (Å²) in [6, 6.07) is 12.0. The Balaban J connectivity index is 1.98. The average Bonchev–Trinajstić information content (AvgIpc) is 2.82. The second kappa shape index (κ2) is 10.1. The normalized spacial score (nSPS) is 14.5. The summed E-state index contributed by atoms with van der Waals surface area (Å²) in [5, 5.41) is 13.5. The molecule has 0 saturated carbocycles. The SMILES string of the molecule is COc1ccccc1/C(Cl)=C(/NC(=O)c1ccc([N+](=O)[O-])cc1)C(=O)N1CCCCC1. The molecule has 1 N–H and O–H groups in total. The number of nitrogens with one attached hydrogen (secondary N) is 1. The quantitative estimate of drug-likeness (QED) is 0.413. The van der Waals surface area contributed by atoms with Crippen LogP contribution in [0.2, 0.25) is 0 Å². The Morgan fingerprint density at radius 3 is 2.32 bits per heavy atom. The Bertz CT molecular complexity index is 1010. The first kappa shape index (κ1) is 22.3. The van der Waals surface area contributed by atoms with Crippen molar-refractivity contribution in [3.63, 3.8) is 0 Å². The Kier molecular flexibility index (Phi) is 7.25. The molecule has 31 heavy (non-hydrogen) atoms. The standard InChI is InChI=1S/C22H22ClN3O5/c1-31-18-8-4-3-7-17(18)19(23)20(22(28)25-13-5-2-6-14-25)24-21(27)15-9-11-16(12-10-15)26(29)30/h3-4,7-12H,2,5-6,13-14H2,1H3,(H,24,27)/b20-19-. The summed E-state index contributed by atoms with van der Waals surface area (Å²) in [5.74, 6) is -0.518. The van der Waals surface area contributed by atoms with Crippen LogP contribution in [0.4, 0.5) is 5.69 Å². The van der Waals surface area contributed by atoms with Gasteiger partial charge in [-0.1, -0.05) is 23.7 Å². The summed E-state index contributed by atoms with van der Waals surface area (Å²) in [7, 11) is 1.49. The summed E-state index contributed by atoms with van der Waals surface area (Å²) in [6.45, 7) is 1.15. The summed E-state index contributed by atoms with van der Waals surface area (Å²) in [6.07, 6.45) is 2.79. The number of carbonyl (C=O) groups excluding carboxylic acids is 2. The van der Waals surface area contributed by atoms with Gasteiger partial charge in [-0.25, -0.2) is 0 Å². The van der Waals surface area contributed by atoms with Crippen LogP contribution < -0.4 is 10.1 Å². The van der Waals surface area contributed by atoms with Gasteiger partial charge in [0.15, 0.2) is 0 Å². The third-order valence-corrected chi connectivity index (χ3v) is 5.39. The topological polar surface area (TPSA) is 102 Å². The number of nitrogens with zero attached hydrogens (tertiary/aromatic N) is 2. The number of nitro benzene ring substituents is 1. The van der Waals surface area contributed by atoms with Gasteiger partial charge >= 0.3 is 0 Å². The van der Waals surface area contributed by atoms with E-state index >= 15 is 0 Å². The number of hydrogen-bond donors (Lipinski definition) is 1. The average molecular weight is 444 g/mol. The molecule has 2 amide bonds. The fourth-order valence-corrected chi connectivity index (χ4v) is 3.62. The molecule has 0 atom stereocenters. The number of non-ortho nitro benzene ring substituents is 1. The van der Waals surface area contributed by atoms with Crippen LogP contribution in [0.5, 0.6) is 5.75 Å². The number of piperidine rings is 1. The molecule has 3 rings (SSSR count). The van der Waals surface area contributed by atoms with Crippen molar-refractivity contribution in [2.45, 2.75) is 19.3 Å². The number of benzene rings is 2. The van der Waals surface area contributed by atoms with Gasteiger partial charge in [0.05, 0.1) is 17.1 Å². The maximum Gasteiger partial charge on any atom is 0.271 e. The molecule has 1 fully saturated rings. The van der Waals surface area contributed by atoms with Crippen LogP contribution in [0.3, 0.4) is 0 Å². The monoisotopic (exact) mass is 443 g/mol. The molecule has 2 aromatic carbocycles. The Labute approximate surface area is 184 Å². The van der Waals surface area contributed by atoms with Crippen molar-refractivity contribution in [2.75, 3.05) is 20.2 Å². The minimum atomic E-state index is -0.594. The maximum atomic E-state index is 13.3. The zero-order chi connectivity index (χ0) is 22.4. The van der Waals surface area contributed by atoms with E-state index in [9.17, 15) is 19.7 Å². The van der Waals surface area contributed by atoms with E-state index in [0.29, 0.717) is 24.4 Å². The fraction of sp³-hybridized carbons (Fsp3) is 0.273. The second-order valence-electron chi connectivity index (χ2n) is 7.00. The number of ether oxygens (including phenoxy) is 1. The van der Waals surface area contributed by atoms with Crippen LogP contribution in [0.25, 0.3) is 5.03 Å². The smallest absolute Gasteiger partial charge is 0.271 e. The predicted octanol–water partition coefficient (Wildman–Crippen LogP) is 3.95. The van der Waals surface area contributed by atoms with Gasteiger partial charge in [-0.05, 0) is 43.5 Å². The van der Waals surface area contributed by atoms with E-state index in [-0.39, 0.29) is 27.9 Å². The van der Waals surface area contributed by atoms with Crippen molar-refractivity contribution in [3.05, 3.63) is 75.5 Å². The number of likely N-dealkylation sites (tertiary alicyclic amines) is 1. The zero-order valence-electron chi connectivity index (χ0n) is 17.0.